The first-order valence-corrected chi connectivity index (χ1v) is 7.66. The van der Waals surface area contributed by atoms with E-state index in [4.69, 9.17) is 16.3 Å². The van der Waals surface area contributed by atoms with Gasteiger partial charge in [0.2, 0.25) is 5.91 Å². The van der Waals surface area contributed by atoms with Gasteiger partial charge in [0.25, 0.3) is 0 Å². The van der Waals surface area contributed by atoms with Gasteiger partial charge in [0, 0.05) is 13.1 Å². The average molecular weight is 354 g/mol. The summed E-state index contributed by atoms with van der Waals surface area (Å²) in [5.41, 5.74) is -1.05. The molecular weight excluding hydrogens is 335 g/mol. The van der Waals surface area contributed by atoms with Crippen molar-refractivity contribution in [2.24, 2.45) is 0 Å². The van der Waals surface area contributed by atoms with Crippen molar-refractivity contribution in [1.82, 2.24) is 14.7 Å². The molecule has 0 unspecified atom stereocenters. The number of morpholine rings is 1. The Morgan fingerprint density at radius 2 is 1.87 bits per heavy atom. The molecular formula is C14H19ClF3N3O2. The molecule has 1 aromatic rings. The normalized spacial score (nSPS) is 23.9. The molecule has 1 aliphatic rings. The molecule has 1 amide bonds. The van der Waals surface area contributed by atoms with Crippen LogP contribution in [0.1, 0.15) is 38.2 Å². The summed E-state index contributed by atoms with van der Waals surface area (Å²) in [7, 11) is 0. The third-order valence-electron chi connectivity index (χ3n) is 3.80. The first kappa shape index (κ1) is 18.1. The van der Waals surface area contributed by atoms with Gasteiger partial charge >= 0.3 is 6.18 Å². The van der Waals surface area contributed by atoms with Gasteiger partial charge in [-0.3, -0.25) is 9.48 Å². The number of rotatable bonds is 2. The Morgan fingerprint density at radius 3 is 2.30 bits per heavy atom. The van der Waals surface area contributed by atoms with E-state index in [1.54, 1.807) is 4.90 Å². The van der Waals surface area contributed by atoms with Gasteiger partial charge in [-0.2, -0.15) is 18.3 Å². The Hall–Kier alpha value is -1.28. The molecule has 0 aromatic carbocycles. The standard InChI is InChI=1S/C14H19ClF3N3O2/c1-7-5-20(6-8(2)23-7)13(22)10(4)21-9(3)11(15)12(19-21)14(16,17)18/h7-8,10H,5-6H2,1-4H3/t7-,8-,10+/m0/s1. The second-order valence-electron chi connectivity index (χ2n) is 5.87. The summed E-state index contributed by atoms with van der Waals surface area (Å²) in [5.74, 6) is -0.303. The van der Waals surface area contributed by atoms with E-state index in [1.165, 1.54) is 13.8 Å². The van der Waals surface area contributed by atoms with Gasteiger partial charge in [-0.1, -0.05) is 11.6 Å². The zero-order chi connectivity index (χ0) is 17.5. The molecule has 23 heavy (non-hydrogen) atoms. The Kier molecular flexibility index (Phi) is 4.96. The van der Waals surface area contributed by atoms with Crippen LogP contribution in [0, 0.1) is 6.92 Å². The van der Waals surface area contributed by atoms with Gasteiger partial charge in [-0.15, -0.1) is 0 Å². The van der Waals surface area contributed by atoms with Crippen LogP contribution in [0.15, 0.2) is 0 Å². The highest BCUT2D eigenvalue weighted by Crippen LogP contribution is 2.36. The Balaban J connectivity index is 2.26. The van der Waals surface area contributed by atoms with E-state index in [0.29, 0.717) is 13.1 Å². The van der Waals surface area contributed by atoms with Gasteiger partial charge in [0.1, 0.15) is 6.04 Å². The molecule has 1 aliphatic heterocycles. The van der Waals surface area contributed by atoms with Gasteiger partial charge in [0.05, 0.1) is 22.9 Å². The average Bonchev–Trinajstić information content (AvgIpc) is 2.72. The summed E-state index contributed by atoms with van der Waals surface area (Å²) in [6.07, 6.45) is -4.90. The zero-order valence-electron chi connectivity index (χ0n) is 13.3. The van der Waals surface area contributed by atoms with Gasteiger partial charge < -0.3 is 9.64 Å². The second kappa shape index (κ2) is 6.32. The minimum Gasteiger partial charge on any atom is -0.372 e. The fourth-order valence-electron chi connectivity index (χ4n) is 2.78. The number of ether oxygens (including phenoxy) is 1. The van der Waals surface area contributed by atoms with Crippen molar-refractivity contribution >= 4 is 17.5 Å². The molecule has 0 spiro atoms. The summed E-state index contributed by atoms with van der Waals surface area (Å²) >= 11 is 5.73. The van der Waals surface area contributed by atoms with Crippen LogP contribution in [0.5, 0.6) is 0 Å². The quantitative estimate of drug-likeness (QED) is 0.821. The molecule has 5 nitrogen and oxygen atoms in total. The van der Waals surface area contributed by atoms with Crippen molar-refractivity contribution < 1.29 is 22.7 Å². The molecule has 130 valence electrons. The molecule has 2 rings (SSSR count). The van der Waals surface area contributed by atoms with E-state index < -0.39 is 22.9 Å². The molecule has 0 aliphatic carbocycles. The highest BCUT2D eigenvalue weighted by Gasteiger charge is 2.40. The Bertz CT molecular complexity index is 593. The molecule has 1 aromatic heterocycles. The lowest BCUT2D eigenvalue weighted by atomic mass is 10.2. The second-order valence-corrected chi connectivity index (χ2v) is 6.24. The number of carbonyl (C=O) groups excluding carboxylic acids is 1. The van der Waals surface area contributed by atoms with Crippen molar-refractivity contribution in [2.75, 3.05) is 13.1 Å². The zero-order valence-corrected chi connectivity index (χ0v) is 14.1. The van der Waals surface area contributed by atoms with Crippen molar-refractivity contribution in [2.45, 2.75) is 52.1 Å². The van der Waals surface area contributed by atoms with Crippen molar-refractivity contribution in [1.29, 1.82) is 0 Å². The van der Waals surface area contributed by atoms with Crippen LogP contribution in [0.3, 0.4) is 0 Å². The third kappa shape index (κ3) is 3.63. The molecule has 0 radical (unpaired) electrons. The van der Waals surface area contributed by atoms with E-state index in [9.17, 15) is 18.0 Å². The molecule has 0 bridgehead atoms. The lowest BCUT2D eigenvalue weighted by molar-refractivity contribution is -0.147. The van der Waals surface area contributed by atoms with Crippen LogP contribution in [-0.2, 0) is 15.7 Å². The topological polar surface area (TPSA) is 47.4 Å². The molecule has 9 heteroatoms. The predicted molar refractivity (Wildman–Crippen MR) is 78.3 cm³/mol. The molecule has 3 atom stereocenters. The van der Waals surface area contributed by atoms with Gasteiger partial charge in [-0.05, 0) is 27.7 Å². The maximum absolute atomic E-state index is 12.9. The predicted octanol–water partition coefficient (Wildman–Crippen LogP) is 3.06. The highest BCUT2D eigenvalue weighted by atomic mass is 35.5. The number of nitrogens with zero attached hydrogens (tertiary/aromatic N) is 3. The number of halogens is 4. The number of hydrogen-bond acceptors (Lipinski definition) is 3. The Labute approximate surface area is 137 Å². The monoisotopic (exact) mass is 353 g/mol. The molecule has 0 N–H and O–H groups in total. The minimum absolute atomic E-state index is 0.120. The number of amides is 1. The summed E-state index contributed by atoms with van der Waals surface area (Å²) in [5, 5.41) is 3.04. The Morgan fingerprint density at radius 1 is 1.35 bits per heavy atom. The van der Waals surface area contributed by atoms with Crippen molar-refractivity contribution in [3.63, 3.8) is 0 Å². The van der Waals surface area contributed by atoms with Crippen LogP contribution in [0.4, 0.5) is 13.2 Å². The van der Waals surface area contributed by atoms with Crippen LogP contribution in [-0.4, -0.2) is 45.9 Å². The van der Waals surface area contributed by atoms with E-state index in [1.807, 2.05) is 13.8 Å². The lowest BCUT2D eigenvalue weighted by Crippen LogP contribution is -2.50. The van der Waals surface area contributed by atoms with E-state index >= 15 is 0 Å². The smallest absolute Gasteiger partial charge is 0.372 e. The fourth-order valence-corrected chi connectivity index (χ4v) is 3.01. The summed E-state index contributed by atoms with van der Waals surface area (Å²) in [6, 6.07) is -0.874. The summed E-state index contributed by atoms with van der Waals surface area (Å²) in [4.78, 5) is 14.2. The molecule has 1 fully saturated rings. The number of carbonyl (C=O) groups is 1. The third-order valence-corrected chi connectivity index (χ3v) is 4.25. The van der Waals surface area contributed by atoms with Gasteiger partial charge in [0.15, 0.2) is 5.69 Å². The fraction of sp³-hybridized carbons (Fsp3) is 0.714. The highest BCUT2D eigenvalue weighted by molar-refractivity contribution is 6.32. The SMILES string of the molecule is Cc1c(Cl)c(C(F)(F)F)nn1[C@H](C)C(=O)N1C[C@H](C)O[C@@H](C)C1. The molecule has 2 heterocycles. The van der Waals surface area contributed by atoms with Crippen molar-refractivity contribution in [3.8, 4) is 0 Å². The van der Waals surface area contributed by atoms with E-state index in [-0.39, 0.29) is 23.8 Å². The maximum Gasteiger partial charge on any atom is 0.436 e. The molecule has 1 saturated heterocycles. The number of aromatic nitrogens is 2. The summed E-state index contributed by atoms with van der Waals surface area (Å²) in [6.45, 7) is 7.42. The first-order chi connectivity index (χ1) is 10.5. The van der Waals surface area contributed by atoms with E-state index in [0.717, 1.165) is 4.68 Å². The summed E-state index contributed by atoms with van der Waals surface area (Å²) < 4.78 is 45.3. The minimum atomic E-state index is -4.65. The number of hydrogen-bond donors (Lipinski definition) is 0. The van der Waals surface area contributed by atoms with Gasteiger partial charge in [-0.25, -0.2) is 0 Å². The maximum atomic E-state index is 12.9. The van der Waals surface area contributed by atoms with Crippen LogP contribution in [0.25, 0.3) is 0 Å². The molecule has 0 saturated carbocycles. The van der Waals surface area contributed by atoms with E-state index in [2.05, 4.69) is 5.10 Å². The number of alkyl halides is 3. The lowest BCUT2D eigenvalue weighted by Gasteiger charge is -2.36. The van der Waals surface area contributed by atoms with Crippen LogP contribution in [0.2, 0.25) is 5.02 Å². The van der Waals surface area contributed by atoms with Crippen molar-refractivity contribution in [3.05, 3.63) is 16.4 Å². The van der Waals surface area contributed by atoms with Crippen LogP contribution >= 0.6 is 11.6 Å². The van der Waals surface area contributed by atoms with Crippen LogP contribution < -0.4 is 0 Å². The largest absolute Gasteiger partial charge is 0.436 e. The first-order valence-electron chi connectivity index (χ1n) is 7.28.